The van der Waals surface area contributed by atoms with Gasteiger partial charge < -0.3 is 10.8 Å². The Kier molecular flexibility index (Phi) is 3.66. The number of aldehydes is 1. The van der Waals surface area contributed by atoms with Crippen molar-refractivity contribution in [3.8, 4) is 11.3 Å². The van der Waals surface area contributed by atoms with Gasteiger partial charge in [0, 0.05) is 5.56 Å². The van der Waals surface area contributed by atoms with Crippen molar-refractivity contribution >= 4 is 12.1 Å². The third kappa shape index (κ3) is 2.37. The molecule has 0 aliphatic heterocycles. The van der Waals surface area contributed by atoms with Crippen LogP contribution in [0.1, 0.15) is 21.5 Å². The highest BCUT2D eigenvalue weighted by molar-refractivity contribution is 5.92. The molecule has 100 valence electrons. The van der Waals surface area contributed by atoms with Gasteiger partial charge in [-0.1, -0.05) is 17.7 Å². The van der Waals surface area contributed by atoms with Gasteiger partial charge in [0.2, 0.25) is 0 Å². The fraction of sp³-hybridized carbons (Fsp3) is 0.286. The van der Waals surface area contributed by atoms with Crippen LogP contribution in [0.2, 0.25) is 0 Å². The summed E-state index contributed by atoms with van der Waals surface area (Å²) in [6.45, 7) is 4.15. The topological polar surface area (TPSA) is 81.1 Å². The van der Waals surface area contributed by atoms with Gasteiger partial charge in [0.05, 0.1) is 18.7 Å². The minimum Gasteiger partial charge on any atom is -0.394 e. The van der Waals surface area contributed by atoms with Gasteiger partial charge in [-0.2, -0.15) is 5.10 Å². The zero-order chi connectivity index (χ0) is 14.0. The van der Waals surface area contributed by atoms with Gasteiger partial charge in [-0.3, -0.25) is 4.79 Å². The largest absolute Gasteiger partial charge is 0.394 e. The Bertz CT molecular complexity index is 617. The number of aliphatic hydroxyl groups is 1. The summed E-state index contributed by atoms with van der Waals surface area (Å²) in [7, 11) is 0. The summed E-state index contributed by atoms with van der Waals surface area (Å²) in [4.78, 5) is 11.2. The van der Waals surface area contributed by atoms with E-state index in [1.54, 1.807) is 0 Å². The van der Waals surface area contributed by atoms with Crippen LogP contribution < -0.4 is 5.73 Å². The maximum Gasteiger partial charge on any atom is 0.156 e. The van der Waals surface area contributed by atoms with E-state index in [1.165, 1.54) is 4.68 Å². The zero-order valence-electron chi connectivity index (χ0n) is 11.1. The number of aromatic nitrogens is 2. The van der Waals surface area contributed by atoms with Crippen molar-refractivity contribution in [3.05, 3.63) is 34.9 Å². The summed E-state index contributed by atoms with van der Waals surface area (Å²) in [6, 6.07) is 5.97. The molecule has 3 N–H and O–H groups in total. The van der Waals surface area contributed by atoms with E-state index in [0.717, 1.165) is 16.7 Å². The highest BCUT2D eigenvalue weighted by Gasteiger charge is 2.17. The Labute approximate surface area is 111 Å². The van der Waals surface area contributed by atoms with Gasteiger partial charge in [0.1, 0.15) is 11.5 Å². The second-order valence-corrected chi connectivity index (χ2v) is 4.53. The second kappa shape index (κ2) is 5.24. The van der Waals surface area contributed by atoms with Crippen molar-refractivity contribution in [1.82, 2.24) is 9.78 Å². The number of hydrogen-bond donors (Lipinski definition) is 2. The van der Waals surface area contributed by atoms with Crippen LogP contribution >= 0.6 is 0 Å². The van der Waals surface area contributed by atoms with Crippen LogP contribution in [0.4, 0.5) is 5.82 Å². The molecule has 2 aromatic rings. The Balaban J connectivity index is 2.64. The molecule has 19 heavy (non-hydrogen) atoms. The number of hydrogen-bond acceptors (Lipinski definition) is 4. The number of nitrogen functional groups attached to an aromatic ring is 1. The number of nitrogens with two attached hydrogens (primary N) is 1. The maximum absolute atomic E-state index is 11.2. The van der Waals surface area contributed by atoms with Crippen molar-refractivity contribution < 1.29 is 9.90 Å². The smallest absolute Gasteiger partial charge is 0.156 e. The second-order valence-electron chi connectivity index (χ2n) is 4.53. The molecule has 0 saturated heterocycles. The Morgan fingerprint density at radius 1 is 1.42 bits per heavy atom. The van der Waals surface area contributed by atoms with Crippen molar-refractivity contribution in [2.24, 2.45) is 0 Å². The van der Waals surface area contributed by atoms with E-state index in [4.69, 9.17) is 10.8 Å². The normalized spacial score (nSPS) is 10.7. The standard InChI is InChI=1S/C14H17N3O2/c1-9-3-4-10(2)11(7-9)13-12(8-19)14(15)17(16-13)5-6-18/h3-4,7-8,18H,5-6,15H2,1-2H3. The molecule has 2 rings (SSSR count). The van der Waals surface area contributed by atoms with Gasteiger partial charge in [-0.25, -0.2) is 4.68 Å². The zero-order valence-corrected chi connectivity index (χ0v) is 11.1. The van der Waals surface area contributed by atoms with E-state index in [1.807, 2.05) is 32.0 Å². The van der Waals surface area contributed by atoms with Crippen LogP contribution in [-0.4, -0.2) is 27.8 Å². The molecule has 0 fully saturated rings. The van der Waals surface area contributed by atoms with E-state index in [0.29, 0.717) is 23.4 Å². The predicted molar refractivity (Wildman–Crippen MR) is 74.0 cm³/mol. The Hall–Kier alpha value is -2.14. The number of benzene rings is 1. The number of anilines is 1. The number of carbonyl (C=O) groups excluding carboxylic acids is 1. The summed E-state index contributed by atoms with van der Waals surface area (Å²) in [5, 5.41) is 13.3. The minimum atomic E-state index is -0.0730. The molecule has 5 nitrogen and oxygen atoms in total. The number of aryl methyl sites for hydroxylation is 2. The number of rotatable bonds is 4. The average molecular weight is 259 g/mol. The quantitative estimate of drug-likeness (QED) is 0.816. The third-order valence-electron chi connectivity index (χ3n) is 3.11. The fourth-order valence-corrected chi connectivity index (χ4v) is 2.06. The Morgan fingerprint density at radius 2 is 2.16 bits per heavy atom. The molecule has 5 heteroatoms. The van der Waals surface area contributed by atoms with Gasteiger partial charge in [0.25, 0.3) is 0 Å². The summed E-state index contributed by atoms with van der Waals surface area (Å²) in [5.74, 6) is 0.292. The molecule has 1 heterocycles. The molecule has 0 saturated carbocycles. The van der Waals surface area contributed by atoms with Crippen LogP contribution in [0.3, 0.4) is 0 Å². The third-order valence-corrected chi connectivity index (χ3v) is 3.11. The maximum atomic E-state index is 11.2. The van der Waals surface area contributed by atoms with Crippen molar-refractivity contribution in [3.63, 3.8) is 0 Å². The predicted octanol–water partition coefficient (Wildman–Crippen LogP) is 1.55. The molecule has 0 bridgehead atoms. The first-order chi connectivity index (χ1) is 9.08. The molecule has 1 aromatic carbocycles. The lowest BCUT2D eigenvalue weighted by molar-refractivity contribution is 0.112. The summed E-state index contributed by atoms with van der Waals surface area (Å²) in [6.07, 6.45) is 0.716. The minimum absolute atomic E-state index is 0.0730. The fourth-order valence-electron chi connectivity index (χ4n) is 2.06. The lowest BCUT2D eigenvalue weighted by Crippen LogP contribution is -2.08. The molecule has 0 spiro atoms. The number of carbonyl (C=O) groups is 1. The lowest BCUT2D eigenvalue weighted by Gasteiger charge is -2.04. The highest BCUT2D eigenvalue weighted by atomic mass is 16.3. The van der Waals surface area contributed by atoms with Crippen LogP contribution in [0.5, 0.6) is 0 Å². The monoisotopic (exact) mass is 259 g/mol. The van der Waals surface area contributed by atoms with Crippen LogP contribution in [-0.2, 0) is 6.54 Å². The van der Waals surface area contributed by atoms with Gasteiger partial charge in [-0.05, 0) is 25.5 Å². The Morgan fingerprint density at radius 3 is 2.79 bits per heavy atom. The van der Waals surface area contributed by atoms with Crippen molar-refractivity contribution in [2.45, 2.75) is 20.4 Å². The van der Waals surface area contributed by atoms with Crippen molar-refractivity contribution in [1.29, 1.82) is 0 Å². The van der Waals surface area contributed by atoms with E-state index in [9.17, 15) is 4.79 Å². The first-order valence-electron chi connectivity index (χ1n) is 6.08. The molecule has 0 atom stereocenters. The van der Waals surface area contributed by atoms with Crippen molar-refractivity contribution in [2.75, 3.05) is 12.3 Å². The van der Waals surface area contributed by atoms with Gasteiger partial charge >= 0.3 is 0 Å². The van der Waals surface area contributed by atoms with E-state index in [-0.39, 0.29) is 13.2 Å². The first kappa shape index (κ1) is 13.3. The van der Waals surface area contributed by atoms with Crippen LogP contribution in [0.15, 0.2) is 18.2 Å². The molecule has 0 unspecified atom stereocenters. The SMILES string of the molecule is Cc1ccc(C)c(-c2nn(CCO)c(N)c2C=O)c1. The van der Waals surface area contributed by atoms with E-state index in [2.05, 4.69) is 5.10 Å². The lowest BCUT2D eigenvalue weighted by atomic mass is 10.0. The number of nitrogens with zero attached hydrogens (tertiary/aromatic N) is 2. The average Bonchev–Trinajstić information content (AvgIpc) is 2.70. The van der Waals surface area contributed by atoms with Crippen LogP contribution in [0, 0.1) is 13.8 Å². The van der Waals surface area contributed by atoms with Gasteiger partial charge in [-0.15, -0.1) is 0 Å². The van der Waals surface area contributed by atoms with E-state index < -0.39 is 0 Å². The molecule has 0 amide bonds. The summed E-state index contributed by atoms with van der Waals surface area (Å²) < 4.78 is 1.46. The highest BCUT2D eigenvalue weighted by Crippen LogP contribution is 2.29. The molecule has 0 radical (unpaired) electrons. The first-order valence-corrected chi connectivity index (χ1v) is 6.08. The molecular formula is C14H17N3O2. The molecular weight excluding hydrogens is 242 g/mol. The van der Waals surface area contributed by atoms with E-state index >= 15 is 0 Å². The summed E-state index contributed by atoms with van der Waals surface area (Å²) in [5.41, 5.74) is 9.85. The molecule has 0 aliphatic carbocycles. The molecule has 1 aromatic heterocycles. The van der Waals surface area contributed by atoms with Crippen LogP contribution in [0.25, 0.3) is 11.3 Å². The van der Waals surface area contributed by atoms with Gasteiger partial charge in [0.15, 0.2) is 6.29 Å². The number of aliphatic hydroxyl groups excluding tert-OH is 1. The summed E-state index contributed by atoms with van der Waals surface area (Å²) >= 11 is 0. The molecule has 0 aliphatic rings.